The Hall–Kier alpha value is -3.51. The second-order valence-electron chi connectivity index (χ2n) is 8.68. The molecule has 2 unspecified atom stereocenters. The number of carbonyl (C=O) groups is 1. The highest BCUT2D eigenvalue weighted by Gasteiger charge is 2.34. The molecule has 1 aliphatic heterocycles. The highest BCUT2D eigenvalue weighted by atomic mass is 16.5. The van der Waals surface area contributed by atoms with Crippen LogP contribution in [0.5, 0.6) is 11.5 Å². The minimum atomic E-state index is -0.366. The predicted molar refractivity (Wildman–Crippen MR) is 137 cm³/mol. The number of anilines is 2. The Morgan fingerprint density at radius 2 is 1.76 bits per heavy atom. The minimum absolute atomic E-state index is 0.0184. The molecule has 1 heterocycles. The number of nitrogens with one attached hydrogen (secondary N) is 2. The molecule has 0 spiro atoms. The van der Waals surface area contributed by atoms with Gasteiger partial charge in [-0.2, -0.15) is 0 Å². The Morgan fingerprint density at radius 3 is 2.56 bits per heavy atom. The Labute approximate surface area is 201 Å². The number of para-hydroxylation sites is 4. The summed E-state index contributed by atoms with van der Waals surface area (Å²) in [6.07, 6.45) is 1.81. The van der Waals surface area contributed by atoms with Crippen molar-refractivity contribution in [2.24, 2.45) is 0 Å². The molecular formula is C28H33N3O3. The van der Waals surface area contributed by atoms with E-state index >= 15 is 0 Å². The number of aryl methyl sites for hydroxylation is 2. The quantitative estimate of drug-likeness (QED) is 0.484. The van der Waals surface area contributed by atoms with Crippen LogP contribution in [0.4, 0.5) is 11.4 Å². The summed E-state index contributed by atoms with van der Waals surface area (Å²) in [6, 6.07) is 23.4. The topological polar surface area (TPSA) is 62.8 Å². The second kappa shape index (κ2) is 11.1. The molecule has 0 aliphatic carbocycles. The summed E-state index contributed by atoms with van der Waals surface area (Å²) in [4.78, 5) is 15.7. The minimum Gasteiger partial charge on any atom is -0.493 e. The largest absolute Gasteiger partial charge is 0.493 e. The van der Waals surface area contributed by atoms with E-state index in [9.17, 15) is 4.79 Å². The third-order valence-corrected chi connectivity index (χ3v) is 6.38. The van der Waals surface area contributed by atoms with Crippen LogP contribution >= 0.6 is 0 Å². The summed E-state index contributed by atoms with van der Waals surface area (Å²) in [5.41, 5.74) is 4.27. The fourth-order valence-corrected chi connectivity index (χ4v) is 4.49. The number of amides is 1. The van der Waals surface area contributed by atoms with E-state index in [0.717, 1.165) is 29.8 Å². The van der Waals surface area contributed by atoms with Gasteiger partial charge in [-0.15, -0.1) is 0 Å². The summed E-state index contributed by atoms with van der Waals surface area (Å²) in [7, 11) is 3.61. The first kappa shape index (κ1) is 23.6. The zero-order chi connectivity index (χ0) is 23.9. The van der Waals surface area contributed by atoms with Crippen molar-refractivity contribution in [1.29, 1.82) is 0 Å². The van der Waals surface area contributed by atoms with Gasteiger partial charge in [0.05, 0.1) is 13.2 Å². The maximum absolute atomic E-state index is 13.6. The fourth-order valence-electron chi connectivity index (χ4n) is 4.49. The molecule has 2 N–H and O–H groups in total. The lowest BCUT2D eigenvalue weighted by molar-refractivity contribution is -0.121. The predicted octanol–water partition coefficient (Wildman–Crippen LogP) is 4.75. The Balaban J connectivity index is 1.49. The SMILES string of the molecule is COc1ccccc1OCCN(C)C(C(=O)Nc1ccccc1C)C1CCc2ccccc2N1. The summed E-state index contributed by atoms with van der Waals surface area (Å²) in [6.45, 7) is 3.03. The van der Waals surface area contributed by atoms with Gasteiger partial charge < -0.3 is 20.1 Å². The maximum Gasteiger partial charge on any atom is 0.243 e. The molecular weight excluding hydrogens is 426 g/mol. The monoisotopic (exact) mass is 459 g/mol. The Kier molecular flexibility index (Phi) is 7.70. The standard InChI is InChI=1S/C28H33N3O3/c1-20-10-4-6-12-22(20)30-28(32)27(24-17-16-21-11-5-7-13-23(21)29-24)31(2)18-19-34-26-15-9-8-14-25(26)33-3/h4-15,24,27,29H,16-19H2,1-3H3,(H,30,32). The van der Waals surface area contributed by atoms with Gasteiger partial charge in [-0.25, -0.2) is 0 Å². The lowest BCUT2D eigenvalue weighted by Crippen LogP contribution is -2.54. The van der Waals surface area contributed by atoms with Crippen LogP contribution in [-0.4, -0.2) is 50.2 Å². The molecule has 2 atom stereocenters. The lowest BCUT2D eigenvalue weighted by Gasteiger charge is -2.37. The zero-order valence-electron chi connectivity index (χ0n) is 20.1. The summed E-state index contributed by atoms with van der Waals surface area (Å²) in [5, 5.41) is 6.78. The van der Waals surface area contributed by atoms with Gasteiger partial charge in [0, 0.05) is 17.9 Å². The third-order valence-electron chi connectivity index (χ3n) is 6.38. The Morgan fingerprint density at radius 1 is 1.06 bits per heavy atom. The number of hydrogen-bond acceptors (Lipinski definition) is 5. The molecule has 0 radical (unpaired) electrons. The van der Waals surface area contributed by atoms with Gasteiger partial charge in [-0.1, -0.05) is 48.5 Å². The van der Waals surface area contributed by atoms with E-state index in [1.165, 1.54) is 5.56 Å². The molecule has 4 rings (SSSR count). The molecule has 0 fully saturated rings. The molecule has 0 aromatic heterocycles. The van der Waals surface area contributed by atoms with Crippen LogP contribution < -0.4 is 20.1 Å². The smallest absolute Gasteiger partial charge is 0.243 e. The molecule has 178 valence electrons. The van der Waals surface area contributed by atoms with E-state index in [1.807, 2.05) is 68.6 Å². The van der Waals surface area contributed by atoms with Crippen molar-refractivity contribution in [2.45, 2.75) is 31.8 Å². The van der Waals surface area contributed by atoms with Crippen molar-refractivity contribution in [1.82, 2.24) is 4.90 Å². The van der Waals surface area contributed by atoms with Crippen LogP contribution in [0.1, 0.15) is 17.5 Å². The number of rotatable bonds is 9. The van der Waals surface area contributed by atoms with Crippen molar-refractivity contribution in [3.05, 3.63) is 83.9 Å². The first-order chi connectivity index (χ1) is 16.6. The Bertz CT molecular complexity index is 1120. The van der Waals surface area contributed by atoms with Crippen molar-refractivity contribution < 1.29 is 14.3 Å². The molecule has 0 saturated carbocycles. The zero-order valence-corrected chi connectivity index (χ0v) is 20.1. The van der Waals surface area contributed by atoms with Gasteiger partial charge in [0.2, 0.25) is 5.91 Å². The van der Waals surface area contributed by atoms with Crippen LogP contribution in [0.2, 0.25) is 0 Å². The third kappa shape index (κ3) is 5.51. The number of nitrogens with zero attached hydrogens (tertiary/aromatic N) is 1. The van der Waals surface area contributed by atoms with Crippen LogP contribution in [0.3, 0.4) is 0 Å². The van der Waals surface area contributed by atoms with Gasteiger partial charge >= 0.3 is 0 Å². The van der Waals surface area contributed by atoms with Gasteiger partial charge in [0.25, 0.3) is 0 Å². The molecule has 1 aliphatic rings. The van der Waals surface area contributed by atoms with E-state index in [2.05, 4.69) is 33.7 Å². The number of methoxy groups -OCH3 is 1. The highest BCUT2D eigenvalue weighted by molar-refractivity contribution is 5.96. The number of fused-ring (bicyclic) bond motifs is 1. The molecule has 6 nitrogen and oxygen atoms in total. The fraction of sp³-hybridized carbons (Fsp3) is 0.321. The van der Waals surface area contributed by atoms with E-state index in [4.69, 9.17) is 9.47 Å². The van der Waals surface area contributed by atoms with Crippen LogP contribution in [0.25, 0.3) is 0 Å². The molecule has 0 saturated heterocycles. The van der Waals surface area contributed by atoms with Crippen LogP contribution in [0.15, 0.2) is 72.8 Å². The first-order valence-corrected chi connectivity index (χ1v) is 11.7. The van der Waals surface area contributed by atoms with Gasteiger partial charge in [0.15, 0.2) is 11.5 Å². The number of carbonyl (C=O) groups excluding carboxylic acids is 1. The molecule has 0 bridgehead atoms. The average Bonchev–Trinajstić information content (AvgIpc) is 2.86. The van der Waals surface area contributed by atoms with Crippen molar-refractivity contribution in [3.63, 3.8) is 0 Å². The summed E-state index contributed by atoms with van der Waals surface area (Å²) >= 11 is 0. The summed E-state index contributed by atoms with van der Waals surface area (Å²) < 4.78 is 11.4. The van der Waals surface area contributed by atoms with Gasteiger partial charge in [-0.3, -0.25) is 9.69 Å². The van der Waals surface area contributed by atoms with Crippen molar-refractivity contribution >= 4 is 17.3 Å². The second-order valence-corrected chi connectivity index (χ2v) is 8.68. The number of benzene rings is 3. The average molecular weight is 460 g/mol. The normalized spacial score (nSPS) is 15.7. The van der Waals surface area contributed by atoms with Crippen molar-refractivity contribution in [2.75, 3.05) is 37.9 Å². The van der Waals surface area contributed by atoms with E-state index in [0.29, 0.717) is 24.7 Å². The molecule has 3 aromatic carbocycles. The van der Waals surface area contributed by atoms with Crippen LogP contribution in [0, 0.1) is 6.92 Å². The maximum atomic E-state index is 13.6. The molecule has 6 heteroatoms. The highest BCUT2D eigenvalue weighted by Crippen LogP contribution is 2.28. The number of likely N-dealkylation sites (N-methyl/N-ethyl adjacent to an activating group) is 1. The molecule has 34 heavy (non-hydrogen) atoms. The molecule has 1 amide bonds. The molecule has 3 aromatic rings. The number of hydrogen-bond donors (Lipinski definition) is 2. The van der Waals surface area contributed by atoms with Crippen molar-refractivity contribution in [3.8, 4) is 11.5 Å². The first-order valence-electron chi connectivity index (χ1n) is 11.7. The van der Waals surface area contributed by atoms with Gasteiger partial charge in [-0.05, 0) is 62.2 Å². The van der Waals surface area contributed by atoms with E-state index in [1.54, 1.807) is 7.11 Å². The summed E-state index contributed by atoms with van der Waals surface area (Å²) in [5.74, 6) is 1.37. The van der Waals surface area contributed by atoms with Gasteiger partial charge in [0.1, 0.15) is 12.6 Å². The van der Waals surface area contributed by atoms with Crippen LogP contribution in [-0.2, 0) is 11.2 Å². The number of ether oxygens (including phenoxy) is 2. The lowest BCUT2D eigenvalue weighted by atomic mass is 9.92. The van der Waals surface area contributed by atoms with E-state index in [-0.39, 0.29) is 18.0 Å². The van der Waals surface area contributed by atoms with E-state index < -0.39 is 0 Å².